The zero-order valence-electron chi connectivity index (χ0n) is 17.6. The highest BCUT2D eigenvalue weighted by Crippen LogP contribution is 2.54. The van der Waals surface area contributed by atoms with E-state index in [0.29, 0.717) is 24.7 Å². The van der Waals surface area contributed by atoms with Gasteiger partial charge >= 0.3 is 0 Å². The van der Waals surface area contributed by atoms with Gasteiger partial charge in [0.15, 0.2) is 11.5 Å². The van der Waals surface area contributed by atoms with Crippen LogP contribution < -0.4 is 14.8 Å². The zero-order valence-corrected chi connectivity index (χ0v) is 18.4. The molecule has 0 unspecified atom stereocenters. The molecule has 0 fully saturated rings. The second kappa shape index (κ2) is 10.8. The van der Waals surface area contributed by atoms with Crippen LogP contribution >= 0.6 is 11.8 Å². The van der Waals surface area contributed by atoms with Crippen molar-refractivity contribution in [3.8, 4) is 23.6 Å². The average Bonchev–Trinajstić information content (AvgIpc) is 2.78. The van der Waals surface area contributed by atoms with Gasteiger partial charge in [-0.25, -0.2) is 0 Å². The summed E-state index contributed by atoms with van der Waals surface area (Å²) >= 11 is 1.55. The maximum atomic E-state index is 9.90. The van der Waals surface area contributed by atoms with Crippen LogP contribution in [0.4, 0.5) is 11.4 Å². The molecule has 30 heavy (non-hydrogen) atoms. The second-order valence-corrected chi connectivity index (χ2v) is 8.22. The summed E-state index contributed by atoms with van der Waals surface area (Å²) in [5, 5.41) is 23.2. The average molecular weight is 422 g/mol. The quantitative estimate of drug-likeness (QED) is 0.364. The molecule has 0 atom stereocenters. The lowest BCUT2D eigenvalue weighted by Crippen LogP contribution is -2.11. The minimum atomic E-state index is 0.241. The first-order valence-corrected chi connectivity index (χ1v) is 11.4. The van der Waals surface area contributed by atoms with Crippen molar-refractivity contribution in [2.45, 2.75) is 62.2 Å². The number of nitriles is 2. The lowest BCUT2D eigenvalue weighted by molar-refractivity contribution is 0.292. The molecule has 1 heterocycles. The molecule has 2 aromatic carbocycles. The molecule has 0 spiro atoms. The van der Waals surface area contributed by atoms with E-state index in [4.69, 9.17) is 9.47 Å². The van der Waals surface area contributed by atoms with Gasteiger partial charge in [-0.05, 0) is 25.0 Å². The van der Waals surface area contributed by atoms with E-state index >= 15 is 0 Å². The van der Waals surface area contributed by atoms with Crippen molar-refractivity contribution in [3.05, 3.63) is 35.4 Å². The second-order valence-electron chi connectivity index (χ2n) is 7.17. The monoisotopic (exact) mass is 421 g/mol. The van der Waals surface area contributed by atoms with Crippen molar-refractivity contribution >= 4 is 23.1 Å². The number of para-hydroxylation sites is 1. The fourth-order valence-corrected chi connectivity index (χ4v) is 4.44. The van der Waals surface area contributed by atoms with Gasteiger partial charge in [-0.3, -0.25) is 0 Å². The third-order valence-corrected chi connectivity index (χ3v) is 6.10. The van der Waals surface area contributed by atoms with Gasteiger partial charge in [0, 0.05) is 4.90 Å². The Morgan fingerprint density at radius 1 is 0.867 bits per heavy atom. The number of anilines is 2. The van der Waals surface area contributed by atoms with Crippen LogP contribution in [-0.4, -0.2) is 13.2 Å². The molecule has 1 aliphatic rings. The minimum Gasteiger partial charge on any atom is -0.491 e. The Hall–Kier alpha value is -2.83. The summed E-state index contributed by atoms with van der Waals surface area (Å²) in [6.07, 6.45) is 6.09. The van der Waals surface area contributed by atoms with Crippen LogP contribution in [0.5, 0.6) is 11.5 Å². The fraction of sp³-hybridized carbons (Fsp3) is 0.417. The number of hydrogen-bond donors (Lipinski definition) is 1. The number of nitrogens with zero attached hydrogens (tertiary/aromatic N) is 2. The molecule has 0 amide bonds. The molecule has 0 saturated heterocycles. The number of benzene rings is 2. The highest BCUT2D eigenvalue weighted by atomic mass is 32.2. The first kappa shape index (κ1) is 21.9. The summed E-state index contributed by atoms with van der Waals surface area (Å²) in [5.74, 6) is 0.927. The van der Waals surface area contributed by atoms with Crippen molar-refractivity contribution in [2.24, 2.45) is 0 Å². The van der Waals surface area contributed by atoms with Crippen LogP contribution in [0.1, 0.15) is 63.5 Å². The highest BCUT2D eigenvalue weighted by Gasteiger charge is 2.30. The summed E-state index contributed by atoms with van der Waals surface area (Å²) in [7, 11) is 0. The minimum absolute atomic E-state index is 0.241. The molecule has 5 nitrogen and oxygen atoms in total. The van der Waals surface area contributed by atoms with Crippen molar-refractivity contribution in [2.75, 3.05) is 18.5 Å². The van der Waals surface area contributed by atoms with Crippen molar-refractivity contribution < 1.29 is 9.47 Å². The van der Waals surface area contributed by atoms with E-state index in [1.54, 1.807) is 11.8 Å². The summed E-state index contributed by atoms with van der Waals surface area (Å²) in [4.78, 5) is 1.86. The smallest absolute Gasteiger partial charge is 0.163 e. The van der Waals surface area contributed by atoms with Gasteiger partial charge < -0.3 is 14.8 Å². The van der Waals surface area contributed by atoms with E-state index in [2.05, 4.69) is 31.3 Å². The van der Waals surface area contributed by atoms with Crippen molar-refractivity contribution in [3.63, 3.8) is 0 Å². The zero-order chi connectivity index (χ0) is 21.3. The van der Waals surface area contributed by atoms with Gasteiger partial charge in [0.2, 0.25) is 0 Å². The van der Waals surface area contributed by atoms with E-state index in [-0.39, 0.29) is 11.1 Å². The molecular formula is C24H27N3O2S. The van der Waals surface area contributed by atoms with E-state index < -0.39 is 0 Å². The molecule has 2 aromatic rings. The normalized spacial score (nSPS) is 11.5. The first-order chi connectivity index (χ1) is 14.7. The van der Waals surface area contributed by atoms with Crippen LogP contribution in [0.3, 0.4) is 0 Å². The van der Waals surface area contributed by atoms with Crippen LogP contribution in [0.25, 0.3) is 0 Å². The standard InChI is InChI=1S/C24H27N3O2S/c1-3-5-9-13-28-22-17(15-25)18(16-26)23(29-14-10-6-4-2)24-21(22)27-19-11-7-8-12-20(19)30-24/h7-8,11-12,27H,3-6,9-10,13-14H2,1-2H3. The number of rotatable bonds is 10. The van der Waals surface area contributed by atoms with E-state index in [1.807, 2.05) is 24.3 Å². The number of fused-ring (bicyclic) bond motifs is 2. The SMILES string of the molecule is CCCCCOc1c(C#N)c(C#N)c(OCCCCC)c2c1Nc1ccccc1S2. The van der Waals surface area contributed by atoms with E-state index in [0.717, 1.165) is 59.7 Å². The van der Waals surface area contributed by atoms with Crippen LogP contribution in [-0.2, 0) is 0 Å². The number of ether oxygens (including phenoxy) is 2. The van der Waals surface area contributed by atoms with Crippen LogP contribution in [0.15, 0.2) is 34.1 Å². The van der Waals surface area contributed by atoms with Gasteiger partial charge in [-0.1, -0.05) is 63.4 Å². The predicted molar refractivity (Wildman–Crippen MR) is 120 cm³/mol. The lowest BCUT2D eigenvalue weighted by Gasteiger charge is -2.27. The predicted octanol–water partition coefficient (Wildman–Crippen LogP) is 6.78. The highest BCUT2D eigenvalue weighted by molar-refractivity contribution is 7.99. The molecule has 0 bridgehead atoms. The van der Waals surface area contributed by atoms with Gasteiger partial charge in [-0.15, -0.1) is 0 Å². The molecule has 156 valence electrons. The summed E-state index contributed by atoms with van der Waals surface area (Å²) < 4.78 is 12.2. The third-order valence-electron chi connectivity index (χ3n) is 4.94. The largest absolute Gasteiger partial charge is 0.491 e. The van der Waals surface area contributed by atoms with Gasteiger partial charge in [0.25, 0.3) is 0 Å². The first-order valence-electron chi connectivity index (χ1n) is 10.6. The Morgan fingerprint density at radius 2 is 1.47 bits per heavy atom. The lowest BCUT2D eigenvalue weighted by atomic mass is 10.0. The summed E-state index contributed by atoms with van der Waals surface area (Å²) in [5.41, 5.74) is 2.17. The van der Waals surface area contributed by atoms with E-state index in [1.165, 1.54) is 0 Å². The van der Waals surface area contributed by atoms with Gasteiger partial charge in [0.05, 0.1) is 23.8 Å². The molecule has 1 N–H and O–H groups in total. The van der Waals surface area contributed by atoms with Crippen molar-refractivity contribution in [1.29, 1.82) is 10.5 Å². The molecule has 0 radical (unpaired) electrons. The fourth-order valence-electron chi connectivity index (χ4n) is 3.34. The topological polar surface area (TPSA) is 78.1 Å². The summed E-state index contributed by atoms with van der Waals surface area (Å²) in [6.45, 7) is 5.29. The Kier molecular flexibility index (Phi) is 7.88. The number of nitrogens with one attached hydrogen (secondary N) is 1. The van der Waals surface area contributed by atoms with Gasteiger partial charge in [-0.2, -0.15) is 10.5 Å². The Bertz CT molecular complexity index is 898. The van der Waals surface area contributed by atoms with Crippen LogP contribution in [0, 0.1) is 22.7 Å². The molecule has 3 rings (SSSR count). The maximum Gasteiger partial charge on any atom is 0.163 e. The van der Waals surface area contributed by atoms with Crippen molar-refractivity contribution in [1.82, 2.24) is 0 Å². The molecule has 6 heteroatoms. The number of hydrogen-bond acceptors (Lipinski definition) is 6. The molecule has 1 aliphatic heterocycles. The maximum absolute atomic E-state index is 9.90. The molecular weight excluding hydrogens is 394 g/mol. The Labute approximate surface area is 183 Å². The van der Waals surface area contributed by atoms with Gasteiger partial charge in [0.1, 0.15) is 29.0 Å². The van der Waals surface area contributed by atoms with E-state index in [9.17, 15) is 10.5 Å². The molecule has 0 aliphatic carbocycles. The molecule has 0 aromatic heterocycles. The Morgan fingerprint density at radius 3 is 2.10 bits per heavy atom. The number of unbranched alkanes of at least 4 members (excludes halogenated alkanes) is 4. The third kappa shape index (κ3) is 4.66. The Balaban J connectivity index is 2.07. The molecule has 0 saturated carbocycles. The summed E-state index contributed by atoms with van der Waals surface area (Å²) in [6, 6.07) is 12.4. The van der Waals surface area contributed by atoms with Crippen LogP contribution in [0.2, 0.25) is 0 Å².